The van der Waals surface area contributed by atoms with Crippen LogP contribution in [0.15, 0.2) is 36.7 Å². The maximum atomic E-state index is 12.2. The van der Waals surface area contributed by atoms with Crippen molar-refractivity contribution in [3.63, 3.8) is 0 Å². The molecule has 0 atom stereocenters. The molecule has 2 heterocycles. The van der Waals surface area contributed by atoms with Gasteiger partial charge in [-0.25, -0.2) is 9.97 Å². The van der Waals surface area contributed by atoms with Crippen LogP contribution in [-0.4, -0.2) is 34.8 Å². The first-order chi connectivity index (χ1) is 12.5. The smallest absolute Gasteiger partial charge is 0.226 e. The van der Waals surface area contributed by atoms with Crippen molar-refractivity contribution in [2.24, 2.45) is 5.92 Å². The zero-order valence-corrected chi connectivity index (χ0v) is 14.2. The molecule has 8 nitrogen and oxygen atoms in total. The Morgan fingerprint density at radius 1 is 1.23 bits per heavy atom. The Balaban J connectivity index is 1.67. The van der Waals surface area contributed by atoms with Gasteiger partial charge in [-0.15, -0.1) is 0 Å². The Morgan fingerprint density at radius 2 is 2.00 bits per heavy atom. The minimum Gasteiger partial charge on any atom is -0.497 e. The number of piperidine rings is 1. The summed E-state index contributed by atoms with van der Waals surface area (Å²) in [7, 11) is 1.58. The number of anilines is 1. The number of hydrogen-bond acceptors (Lipinski definition) is 6. The Kier molecular flexibility index (Phi) is 5.21. The van der Waals surface area contributed by atoms with Gasteiger partial charge in [0.15, 0.2) is 0 Å². The zero-order valence-electron chi connectivity index (χ0n) is 14.2. The molecule has 0 saturated carbocycles. The fourth-order valence-electron chi connectivity index (χ4n) is 2.82. The third-order valence-corrected chi connectivity index (χ3v) is 4.00. The highest BCUT2D eigenvalue weighted by Crippen LogP contribution is 2.23. The van der Waals surface area contributed by atoms with E-state index in [9.17, 15) is 14.4 Å². The van der Waals surface area contributed by atoms with Gasteiger partial charge in [-0.2, -0.15) is 0 Å². The highest BCUT2D eigenvalue weighted by Gasteiger charge is 2.26. The molecule has 1 saturated heterocycles. The van der Waals surface area contributed by atoms with E-state index in [4.69, 9.17) is 4.74 Å². The Hall–Kier alpha value is -3.29. The minimum absolute atomic E-state index is 0.0810. The number of nitrogens with zero attached hydrogens (tertiary/aromatic N) is 2. The van der Waals surface area contributed by atoms with Crippen molar-refractivity contribution in [3.8, 4) is 17.0 Å². The lowest BCUT2D eigenvalue weighted by Crippen LogP contribution is -2.39. The maximum absolute atomic E-state index is 12.2. The standard InChI is InChI=1S/C18H18N4O4/c1-26-13-4-2-3-12(8-13)14-9-15(20-10-19-14)21-16(23)5-11-6-17(24)22-18(25)7-11/h2-4,8-11H,5-7H2,1H3,(H,22,24,25)(H,19,20,21,23). The second-order valence-corrected chi connectivity index (χ2v) is 6.02. The normalized spacial score (nSPS) is 14.7. The SMILES string of the molecule is COc1cccc(-c2cc(NC(=O)CC3CC(=O)NC(=O)C3)ncn2)c1. The third kappa shape index (κ3) is 4.41. The van der Waals surface area contributed by atoms with E-state index in [1.807, 2.05) is 24.3 Å². The van der Waals surface area contributed by atoms with Gasteiger partial charge >= 0.3 is 0 Å². The van der Waals surface area contributed by atoms with E-state index in [-0.39, 0.29) is 42.9 Å². The van der Waals surface area contributed by atoms with E-state index in [2.05, 4.69) is 20.6 Å². The van der Waals surface area contributed by atoms with Gasteiger partial charge in [0, 0.05) is 30.9 Å². The number of ether oxygens (including phenoxy) is 1. The summed E-state index contributed by atoms with van der Waals surface area (Å²) in [6.45, 7) is 0. The first-order valence-corrected chi connectivity index (χ1v) is 8.12. The molecule has 0 unspecified atom stereocenters. The summed E-state index contributed by atoms with van der Waals surface area (Å²) in [6, 6.07) is 9.04. The largest absolute Gasteiger partial charge is 0.497 e. The molecule has 0 spiro atoms. The second-order valence-electron chi connectivity index (χ2n) is 6.02. The molecule has 2 aromatic rings. The molecule has 1 aliphatic heterocycles. The number of carbonyl (C=O) groups is 3. The Bertz CT molecular complexity index is 837. The monoisotopic (exact) mass is 354 g/mol. The molecule has 26 heavy (non-hydrogen) atoms. The van der Waals surface area contributed by atoms with Gasteiger partial charge in [0.25, 0.3) is 0 Å². The molecule has 2 N–H and O–H groups in total. The fourth-order valence-corrected chi connectivity index (χ4v) is 2.82. The van der Waals surface area contributed by atoms with Gasteiger partial charge in [-0.3, -0.25) is 19.7 Å². The van der Waals surface area contributed by atoms with Crippen molar-refractivity contribution in [3.05, 3.63) is 36.7 Å². The molecule has 0 radical (unpaired) electrons. The number of aromatic nitrogens is 2. The van der Waals surface area contributed by atoms with Crippen LogP contribution in [-0.2, 0) is 14.4 Å². The molecule has 8 heteroatoms. The van der Waals surface area contributed by atoms with Crippen LogP contribution < -0.4 is 15.4 Å². The van der Waals surface area contributed by atoms with Crippen molar-refractivity contribution >= 4 is 23.5 Å². The van der Waals surface area contributed by atoms with Crippen LogP contribution in [0.2, 0.25) is 0 Å². The average molecular weight is 354 g/mol. The van der Waals surface area contributed by atoms with Crippen LogP contribution in [0.1, 0.15) is 19.3 Å². The van der Waals surface area contributed by atoms with E-state index in [0.717, 1.165) is 5.56 Å². The summed E-state index contributed by atoms with van der Waals surface area (Å²) in [6.07, 6.45) is 1.77. The Labute approximate surface area is 150 Å². The van der Waals surface area contributed by atoms with E-state index in [1.165, 1.54) is 6.33 Å². The van der Waals surface area contributed by atoms with E-state index in [1.54, 1.807) is 13.2 Å². The van der Waals surface area contributed by atoms with E-state index >= 15 is 0 Å². The van der Waals surface area contributed by atoms with Crippen LogP contribution in [0, 0.1) is 5.92 Å². The summed E-state index contributed by atoms with van der Waals surface area (Å²) >= 11 is 0. The molecule has 1 fully saturated rings. The van der Waals surface area contributed by atoms with Crippen molar-refractivity contribution in [2.45, 2.75) is 19.3 Å². The van der Waals surface area contributed by atoms with E-state index in [0.29, 0.717) is 17.3 Å². The highest BCUT2D eigenvalue weighted by molar-refractivity contribution is 5.99. The number of amides is 3. The number of methoxy groups -OCH3 is 1. The molecular formula is C18H18N4O4. The van der Waals surface area contributed by atoms with Crippen LogP contribution in [0.3, 0.4) is 0 Å². The number of nitrogens with one attached hydrogen (secondary N) is 2. The number of rotatable bonds is 5. The number of benzene rings is 1. The maximum Gasteiger partial charge on any atom is 0.226 e. The third-order valence-electron chi connectivity index (χ3n) is 4.00. The van der Waals surface area contributed by atoms with Crippen molar-refractivity contribution in [2.75, 3.05) is 12.4 Å². The summed E-state index contributed by atoms with van der Waals surface area (Å²) in [5.41, 5.74) is 1.47. The first-order valence-electron chi connectivity index (χ1n) is 8.12. The molecule has 134 valence electrons. The number of carbonyl (C=O) groups excluding carboxylic acids is 3. The minimum atomic E-state index is -0.346. The molecular weight excluding hydrogens is 336 g/mol. The Morgan fingerprint density at radius 3 is 2.73 bits per heavy atom. The summed E-state index contributed by atoms with van der Waals surface area (Å²) in [4.78, 5) is 43.2. The van der Waals surface area contributed by atoms with Crippen molar-refractivity contribution in [1.29, 1.82) is 0 Å². The predicted molar refractivity (Wildman–Crippen MR) is 93.1 cm³/mol. The van der Waals surface area contributed by atoms with Gasteiger partial charge in [0.05, 0.1) is 12.8 Å². The quantitative estimate of drug-likeness (QED) is 0.788. The summed E-state index contributed by atoms with van der Waals surface area (Å²) in [5, 5.41) is 4.92. The van der Waals surface area contributed by atoms with Crippen molar-refractivity contribution in [1.82, 2.24) is 15.3 Å². The van der Waals surface area contributed by atoms with Crippen LogP contribution >= 0.6 is 0 Å². The summed E-state index contributed by atoms with van der Waals surface area (Å²) in [5.74, 6) is -0.229. The molecule has 1 aliphatic rings. The van der Waals surface area contributed by atoms with Crippen LogP contribution in [0.5, 0.6) is 5.75 Å². The van der Waals surface area contributed by atoms with Gasteiger partial charge in [-0.05, 0) is 18.1 Å². The molecule has 1 aromatic heterocycles. The van der Waals surface area contributed by atoms with Gasteiger partial charge in [-0.1, -0.05) is 12.1 Å². The van der Waals surface area contributed by atoms with Crippen molar-refractivity contribution < 1.29 is 19.1 Å². The fraction of sp³-hybridized carbons (Fsp3) is 0.278. The van der Waals surface area contributed by atoms with Crippen LogP contribution in [0.4, 0.5) is 5.82 Å². The highest BCUT2D eigenvalue weighted by atomic mass is 16.5. The van der Waals surface area contributed by atoms with Gasteiger partial charge in [0.2, 0.25) is 17.7 Å². The first kappa shape index (κ1) is 17.5. The second kappa shape index (κ2) is 7.73. The lowest BCUT2D eigenvalue weighted by molar-refractivity contribution is -0.135. The topological polar surface area (TPSA) is 110 Å². The summed E-state index contributed by atoms with van der Waals surface area (Å²) < 4.78 is 5.20. The molecule has 1 aromatic carbocycles. The lowest BCUT2D eigenvalue weighted by atomic mass is 9.93. The molecule has 3 rings (SSSR count). The lowest BCUT2D eigenvalue weighted by Gasteiger charge is -2.20. The average Bonchev–Trinajstić information content (AvgIpc) is 2.61. The molecule has 3 amide bonds. The predicted octanol–water partition coefficient (Wildman–Crippen LogP) is 1.53. The molecule has 0 aliphatic carbocycles. The van der Waals surface area contributed by atoms with Crippen LogP contribution in [0.25, 0.3) is 11.3 Å². The number of imide groups is 1. The number of hydrogen-bond donors (Lipinski definition) is 2. The zero-order chi connectivity index (χ0) is 18.5. The van der Waals surface area contributed by atoms with Gasteiger partial charge < -0.3 is 10.1 Å². The van der Waals surface area contributed by atoms with E-state index < -0.39 is 0 Å². The molecule has 0 bridgehead atoms. The van der Waals surface area contributed by atoms with Gasteiger partial charge in [0.1, 0.15) is 17.9 Å².